The zero-order valence-corrected chi connectivity index (χ0v) is 20.0. The Labute approximate surface area is 188 Å². The van der Waals surface area contributed by atoms with Gasteiger partial charge in [-0.25, -0.2) is 4.98 Å². The van der Waals surface area contributed by atoms with E-state index in [0.717, 1.165) is 23.5 Å². The van der Waals surface area contributed by atoms with Crippen LogP contribution in [-0.2, 0) is 16.0 Å². The number of hydrogen-bond donors (Lipinski definition) is 4. The van der Waals surface area contributed by atoms with Gasteiger partial charge in [-0.1, -0.05) is 13.8 Å². The highest BCUT2D eigenvalue weighted by Crippen LogP contribution is 2.62. The molecule has 8 nitrogen and oxygen atoms in total. The van der Waals surface area contributed by atoms with Crippen LogP contribution in [-0.4, -0.2) is 71.8 Å². The van der Waals surface area contributed by atoms with Gasteiger partial charge in [-0.15, -0.1) is 11.3 Å². The van der Waals surface area contributed by atoms with Gasteiger partial charge in [-0.3, -0.25) is 9.59 Å². The number of rotatable bonds is 7. The normalized spacial score (nSPS) is 32.3. The van der Waals surface area contributed by atoms with Crippen LogP contribution >= 0.6 is 11.3 Å². The van der Waals surface area contributed by atoms with Gasteiger partial charge in [0.2, 0.25) is 11.8 Å². The van der Waals surface area contributed by atoms with Crippen molar-refractivity contribution >= 4 is 28.3 Å². The van der Waals surface area contributed by atoms with Crippen LogP contribution in [0.2, 0.25) is 0 Å². The highest BCUT2D eigenvalue weighted by atomic mass is 32.1. The molecule has 0 radical (unpaired) electrons. The van der Waals surface area contributed by atoms with Gasteiger partial charge in [0.15, 0.2) is 5.13 Å². The molecule has 4 N–H and O–H groups in total. The molecule has 0 bridgehead atoms. The highest BCUT2D eigenvalue weighted by Gasteiger charge is 2.59. The largest absolute Gasteiger partial charge is 0.396 e. The predicted molar refractivity (Wildman–Crippen MR) is 121 cm³/mol. The molecule has 31 heavy (non-hydrogen) atoms. The van der Waals surface area contributed by atoms with Gasteiger partial charge >= 0.3 is 0 Å². The van der Waals surface area contributed by atoms with E-state index in [0.29, 0.717) is 30.9 Å². The minimum Gasteiger partial charge on any atom is -0.396 e. The molecular weight excluding hydrogens is 416 g/mol. The summed E-state index contributed by atoms with van der Waals surface area (Å²) in [6.45, 7) is 6.82. The molecule has 5 unspecified atom stereocenters. The van der Waals surface area contributed by atoms with Crippen molar-refractivity contribution < 1.29 is 19.8 Å². The Kier molecular flexibility index (Phi) is 7.10. The topological polar surface area (TPSA) is 115 Å². The zero-order chi connectivity index (χ0) is 23.0. The van der Waals surface area contributed by atoms with E-state index in [1.54, 1.807) is 0 Å². The summed E-state index contributed by atoms with van der Waals surface area (Å²) in [4.78, 5) is 32.3. The van der Waals surface area contributed by atoms with Crippen molar-refractivity contribution in [2.24, 2.45) is 16.7 Å². The third kappa shape index (κ3) is 4.65. The second-order valence-electron chi connectivity index (χ2n) is 9.90. The number of aliphatic hydroxyl groups is 2. The smallest absolute Gasteiger partial charge is 0.223 e. The van der Waals surface area contributed by atoms with Crippen molar-refractivity contribution in [1.29, 1.82) is 0 Å². The third-order valence-electron chi connectivity index (χ3n) is 7.45. The Bertz CT molecular complexity index is 828. The molecule has 0 aliphatic heterocycles. The fraction of sp³-hybridized carbons (Fsp3) is 0.773. The van der Waals surface area contributed by atoms with Crippen LogP contribution < -0.4 is 10.6 Å². The lowest BCUT2D eigenvalue weighted by Crippen LogP contribution is -2.57. The summed E-state index contributed by atoms with van der Waals surface area (Å²) in [6, 6.07) is 0. The zero-order valence-electron chi connectivity index (χ0n) is 19.2. The summed E-state index contributed by atoms with van der Waals surface area (Å²) < 4.78 is 0. The van der Waals surface area contributed by atoms with Gasteiger partial charge in [-0.05, 0) is 44.7 Å². The lowest BCUT2D eigenvalue weighted by Gasteiger charge is -2.58. The second kappa shape index (κ2) is 9.13. The third-order valence-corrected chi connectivity index (χ3v) is 8.46. The van der Waals surface area contributed by atoms with Gasteiger partial charge < -0.3 is 25.7 Å². The van der Waals surface area contributed by atoms with E-state index < -0.39 is 11.5 Å². The first-order chi connectivity index (χ1) is 14.5. The molecule has 1 saturated carbocycles. The number of nitrogens with zero attached hydrogens (tertiary/aromatic N) is 2. The fourth-order valence-corrected chi connectivity index (χ4v) is 6.64. The Morgan fingerprint density at radius 3 is 2.65 bits per heavy atom. The molecule has 5 atom stereocenters. The first-order valence-corrected chi connectivity index (χ1v) is 11.8. The van der Waals surface area contributed by atoms with Gasteiger partial charge in [0.1, 0.15) is 0 Å². The Morgan fingerprint density at radius 1 is 1.32 bits per heavy atom. The molecule has 1 aromatic heterocycles. The van der Waals surface area contributed by atoms with Crippen molar-refractivity contribution in [3.63, 3.8) is 0 Å². The van der Waals surface area contributed by atoms with E-state index in [4.69, 9.17) is 4.98 Å². The van der Waals surface area contributed by atoms with Crippen LogP contribution in [0.15, 0.2) is 0 Å². The van der Waals surface area contributed by atoms with E-state index in [1.807, 2.05) is 25.9 Å². The number of carbonyl (C=O) groups is 2. The molecule has 1 fully saturated rings. The number of thiazole rings is 1. The number of amides is 2. The molecule has 0 spiro atoms. The maximum Gasteiger partial charge on any atom is 0.223 e. The summed E-state index contributed by atoms with van der Waals surface area (Å²) in [5.74, 6) is -0.335. The molecule has 2 amide bonds. The number of fused-ring (bicyclic) bond motifs is 2. The minimum atomic E-state index is -0.650. The summed E-state index contributed by atoms with van der Waals surface area (Å²) in [5, 5.41) is 27.4. The Balaban J connectivity index is 1.96. The number of carbonyl (C=O) groups excluding carboxylic acids is 2. The summed E-state index contributed by atoms with van der Waals surface area (Å²) in [7, 11) is 3.93. The molecule has 3 rings (SSSR count). The van der Waals surface area contributed by atoms with Crippen molar-refractivity contribution in [2.75, 3.05) is 39.1 Å². The first kappa shape index (κ1) is 24.1. The van der Waals surface area contributed by atoms with Crippen molar-refractivity contribution in [1.82, 2.24) is 15.2 Å². The lowest BCUT2D eigenvalue weighted by molar-refractivity contribution is -0.144. The van der Waals surface area contributed by atoms with E-state index >= 15 is 0 Å². The number of hydrogen-bond acceptors (Lipinski definition) is 7. The van der Waals surface area contributed by atoms with Gasteiger partial charge in [0.25, 0.3) is 0 Å². The Morgan fingerprint density at radius 2 is 2.03 bits per heavy atom. The van der Waals surface area contributed by atoms with Crippen LogP contribution in [0.4, 0.5) is 5.13 Å². The van der Waals surface area contributed by atoms with Crippen LogP contribution in [0.3, 0.4) is 0 Å². The molecular formula is C22H36N4O4S. The number of likely N-dealkylation sites (N-methyl/N-ethyl adjacent to an activating group) is 1. The average molecular weight is 453 g/mol. The number of aliphatic hydroxyl groups excluding tert-OH is 2. The minimum absolute atomic E-state index is 0.00598. The standard InChI is InChI=1S/C22H36N4O4S/c1-13(28)24-20-25-19-14(10-18(30)23-8-9-26(4)5)21(2)7-6-17(29)22(3,12-27)16(21)11-15(19)31-20/h14,16-17,27,29H,6-12H2,1-5H3,(H,23,30)(H,24,25,28). The van der Waals surface area contributed by atoms with Gasteiger partial charge in [0, 0.05) is 42.6 Å². The number of anilines is 1. The number of aromatic nitrogens is 1. The summed E-state index contributed by atoms with van der Waals surface area (Å²) >= 11 is 1.44. The Hall–Kier alpha value is -1.55. The highest BCUT2D eigenvalue weighted by molar-refractivity contribution is 7.15. The van der Waals surface area contributed by atoms with Crippen molar-refractivity contribution in [3.05, 3.63) is 10.6 Å². The van der Waals surface area contributed by atoms with E-state index in [1.165, 1.54) is 18.3 Å². The molecule has 0 aromatic carbocycles. The maximum atomic E-state index is 12.9. The number of nitrogens with one attached hydrogen (secondary N) is 2. The van der Waals surface area contributed by atoms with Crippen LogP contribution in [0, 0.1) is 16.7 Å². The molecule has 1 aromatic rings. The molecule has 1 heterocycles. The fourth-order valence-electron chi connectivity index (χ4n) is 5.53. The molecule has 0 saturated heterocycles. The van der Waals surface area contributed by atoms with E-state index in [-0.39, 0.29) is 35.7 Å². The first-order valence-electron chi connectivity index (χ1n) is 11.0. The molecule has 9 heteroatoms. The van der Waals surface area contributed by atoms with Crippen LogP contribution in [0.5, 0.6) is 0 Å². The average Bonchev–Trinajstić information content (AvgIpc) is 3.07. The van der Waals surface area contributed by atoms with Crippen molar-refractivity contribution in [3.8, 4) is 0 Å². The molecule has 2 aliphatic rings. The van der Waals surface area contributed by atoms with E-state index in [9.17, 15) is 19.8 Å². The SMILES string of the molecule is CC(=O)Nc1nc2c(s1)CC1C(C)(CO)C(O)CCC1(C)C2CC(=O)NCCN(C)C. The molecule has 2 aliphatic carbocycles. The van der Waals surface area contributed by atoms with Gasteiger partial charge in [0.05, 0.1) is 18.4 Å². The van der Waals surface area contributed by atoms with Crippen LogP contribution in [0.1, 0.15) is 56.5 Å². The van der Waals surface area contributed by atoms with Crippen LogP contribution in [0.25, 0.3) is 0 Å². The van der Waals surface area contributed by atoms with Crippen molar-refractivity contribution in [2.45, 2.75) is 58.5 Å². The monoisotopic (exact) mass is 452 g/mol. The quantitative estimate of drug-likeness (QED) is 0.499. The summed E-state index contributed by atoms with van der Waals surface area (Å²) in [5.41, 5.74) is -0.0564. The predicted octanol–water partition coefficient (Wildman–Crippen LogP) is 1.58. The second-order valence-corrected chi connectivity index (χ2v) is 11.0. The summed E-state index contributed by atoms with van der Waals surface area (Å²) in [6.07, 6.45) is 1.73. The van der Waals surface area contributed by atoms with E-state index in [2.05, 4.69) is 17.6 Å². The lowest BCUT2D eigenvalue weighted by atomic mass is 9.47. The van der Waals surface area contributed by atoms with Gasteiger partial charge in [-0.2, -0.15) is 0 Å². The maximum absolute atomic E-state index is 12.9. The molecule has 174 valence electrons.